The zero-order valence-electron chi connectivity index (χ0n) is 9.93. The second kappa shape index (κ2) is 5.08. The molecule has 2 aromatic rings. The molecule has 0 amide bonds. The number of azide groups is 1. The van der Waals surface area contributed by atoms with Gasteiger partial charge in [-0.3, -0.25) is 0 Å². The second-order valence-corrected chi connectivity index (χ2v) is 4.12. The van der Waals surface area contributed by atoms with Crippen molar-refractivity contribution in [1.29, 1.82) is 0 Å². The fourth-order valence-electron chi connectivity index (χ4n) is 1.86. The largest absolute Gasteiger partial charge is 0.461 e. The Hall–Kier alpha value is -2.04. The molecule has 18 heavy (non-hydrogen) atoms. The molecule has 1 heterocycles. The Kier molecular flexibility index (Phi) is 3.50. The van der Waals surface area contributed by atoms with Crippen LogP contribution in [-0.4, -0.2) is 6.54 Å². The lowest BCUT2D eigenvalue weighted by atomic mass is 10.1. The number of halogens is 1. The Morgan fingerprint density at radius 3 is 2.94 bits per heavy atom. The lowest BCUT2D eigenvalue weighted by Crippen LogP contribution is -2.05. The maximum absolute atomic E-state index is 13.4. The van der Waals surface area contributed by atoms with E-state index in [-0.39, 0.29) is 11.9 Å². The third-order valence-corrected chi connectivity index (χ3v) is 2.67. The van der Waals surface area contributed by atoms with E-state index >= 15 is 0 Å². The van der Waals surface area contributed by atoms with E-state index in [4.69, 9.17) is 15.7 Å². The van der Waals surface area contributed by atoms with Crippen molar-refractivity contribution >= 4 is 11.0 Å². The lowest BCUT2D eigenvalue weighted by molar-refractivity contribution is 0.542. The third-order valence-electron chi connectivity index (χ3n) is 2.67. The molecule has 0 bridgehead atoms. The van der Waals surface area contributed by atoms with Crippen molar-refractivity contribution in [2.75, 3.05) is 6.54 Å². The van der Waals surface area contributed by atoms with E-state index in [0.29, 0.717) is 35.3 Å². The van der Waals surface area contributed by atoms with E-state index in [9.17, 15) is 4.39 Å². The summed E-state index contributed by atoms with van der Waals surface area (Å²) in [5.74, 6) is 0.321. The van der Waals surface area contributed by atoms with Crippen molar-refractivity contribution in [3.63, 3.8) is 0 Å². The van der Waals surface area contributed by atoms with Gasteiger partial charge in [-0.2, -0.15) is 0 Å². The number of benzene rings is 1. The van der Waals surface area contributed by atoms with Gasteiger partial charge in [0, 0.05) is 34.9 Å². The number of furan rings is 1. The fraction of sp³-hybridized carbons (Fsp3) is 0.333. The van der Waals surface area contributed by atoms with Crippen molar-refractivity contribution in [2.45, 2.75) is 19.4 Å². The van der Waals surface area contributed by atoms with Gasteiger partial charge in [0.15, 0.2) is 0 Å². The van der Waals surface area contributed by atoms with Crippen LogP contribution in [0.1, 0.15) is 24.3 Å². The van der Waals surface area contributed by atoms with Crippen molar-refractivity contribution in [3.8, 4) is 0 Å². The smallest absolute Gasteiger partial charge is 0.139 e. The minimum atomic E-state index is -0.336. The van der Waals surface area contributed by atoms with Gasteiger partial charge in [-0.1, -0.05) is 5.11 Å². The molecule has 2 rings (SSSR count). The molecule has 2 N–H and O–H groups in total. The molecule has 0 saturated carbocycles. The summed E-state index contributed by atoms with van der Waals surface area (Å²) in [6, 6.07) is 4.23. The average molecular weight is 248 g/mol. The number of hydrogen-bond donors (Lipinski definition) is 1. The third kappa shape index (κ3) is 2.45. The van der Waals surface area contributed by atoms with Crippen LogP contribution in [0.4, 0.5) is 4.39 Å². The summed E-state index contributed by atoms with van der Waals surface area (Å²) in [6.45, 7) is 2.09. The average Bonchev–Trinajstić information content (AvgIpc) is 2.70. The maximum Gasteiger partial charge on any atom is 0.139 e. The van der Waals surface area contributed by atoms with E-state index in [1.165, 1.54) is 12.1 Å². The van der Waals surface area contributed by atoms with E-state index in [2.05, 4.69) is 10.0 Å². The zero-order valence-corrected chi connectivity index (χ0v) is 9.93. The van der Waals surface area contributed by atoms with Crippen LogP contribution in [0.25, 0.3) is 21.4 Å². The SMILES string of the molecule is CC(N)c1cc(F)cc2cc(CCN=[N+]=[N-])oc12. The Morgan fingerprint density at radius 2 is 2.28 bits per heavy atom. The van der Waals surface area contributed by atoms with E-state index in [1.54, 1.807) is 13.0 Å². The molecule has 1 aromatic carbocycles. The van der Waals surface area contributed by atoms with Crippen LogP contribution >= 0.6 is 0 Å². The molecule has 0 saturated heterocycles. The number of nitrogens with zero attached hydrogens (tertiary/aromatic N) is 3. The molecular formula is C12H13FN4O. The summed E-state index contributed by atoms with van der Waals surface area (Å²) >= 11 is 0. The molecule has 1 atom stereocenters. The number of nitrogens with two attached hydrogens (primary N) is 1. The Labute approximate surface area is 103 Å². The minimum Gasteiger partial charge on any atom is -0.461 e. The first-order valence-corrected chi connectivity index (χ1v) is 5.60. The molecule has 5 nitrogen and oxygen atoms in total. The predicted molar refractivity (Wildman–Crippen MR) is 66.5 cm³/mol. The molecule has 0 spiro atoms. The van der Waals surface area contributed by atoms with E-state index < -0.39 is 0 Å². The summed E-state index contributed by atoms with van der Waals surface area (Å²) < 4.78 is 19.0. The monoisotopic (exact) mass is 248 g/mol. The highest BCUT2D eigenvalue weighted by molar-refractivity contribution is 5.81. The first-order valence-electron chi connectivity index (χ1n) is 5.60. The van der Waals surface area contributed by atoms with Crippen molar-refractivity contribution in [2.24, 2.45) is 10.8 Å². The van der Waals surface area contributed by atoms with Gasteiger partial charge in [-0.05, 0) is 30.7 Å². The quantitative estimate of drug-likeness (QED) is 0.510. The normalized spacial score (nSPS) is 12.4. The molecule has 1 unspecified atom stereocenters. The van der Waals surface area contributed by atoms with Gasteiger partial charge in [0.2, 0.25) is 0 Å². The Bertz CT molecular complexity index is 614. The van der Waals surface area contributed by atoms with Crippen LogP contribution in [0.15, 0.2) is 27.7 Å². The molecule has 6 heteroatoms. The molecule has 0 fully saturated rings. The van der Waals surface area contributed by atoms with E-state index in [0.717, 1.165) is 0 Å². The van der Waals surface area contributed by atoms with E-state index in [1.807, 2.05) is 0 Å². The first-order chi connectivity index (χ1) is 8.61. The topological polar surface area (TPSA) is 87.9 Å². The number of hydrogen-bond acceptors (Lipinski definition) is 3. The predicted octanol–water partition coefficient (Wildman–Crippen LogP) is 3.44. The van der Waals surface area contributed by atoms with Gasteiger partial charge < -0.3 is 10.2 Å². The summed E-state index contributed by atoms with van der Waals surface area (Å²) in [7, 11) is 0. The van der Waals surface area contributed by atoms with Gasteiger partial charge in [0.05, 0.1) is 0 Å². The van der Waals surface area contributed by atoms with Crippen molar-refractivity contribution < 1.29 is 8.81 Å². The van der Waals surface area contributed by atoms with Crippen LogP contribution in [0, 0.1) is 5.82 Å². The molecule has 94 valence electrons. The fourth-order valence-corrected chi connectivity index (χ4v) is 1.86. The second-order valence-electron chi connectivity index (χ2n) is 4.12. The molecular weight excluding hydrogens is 235 g/mol. The summed E-state index contributed by atoms with van der Waals surface area (Å²) in [5.41, 5.74) is 15.2. The van der Waals surface area contributed by atoms with Crippen LogP contribution in [0.5, 0.6) is 0 Å². The molecule has 0 aliphatic rings. The number of fused-ring (bicyclic) bond motifs is 1. The van der Waals surface area contributed by atoms with Gasteiger partial charge in [0.25, 0.3) is 0 Å². The van der Waals surface area contributed by atoms with Crippen LogP contribution in [0.3, 0.4) is 0 Å². The molecule has 1 aromatic heterocycles. The van der Waals surface area contributed by atoms with Gasteiger partial charge in [-0.15, -0.1) is 0 Å². The molecule has 0 radical (unpaired) electrons. The van der Waals surface area contributed by atoms with Gasteiger partial charge in [-0.25, -0.2) is 4.39 Å². The summed E-state index contributed by atoms with van der Waals surface area (Å²) in [6.07, 6.45) is 0.485. The van der Waals surface area contributed by atoms with Crippen LogP contribution in [0.2, 0.25) is 0 Å². The highest BCUT2D eigenvalue weighted by Gasteiger charge is 2.13. The Morgan fingerprint density at radius 1 is 1.50 bits per heavy atom. The highest BCUT2D eigenvalue weighted by atomic mass is 19.1. The maximum atomic E-state index is 13.4. The zero-order chi connectivity index (χ0) is 13.1. The minimum absolute atomic E-state index is 0.306. The highest BCUT2D eigenvalue weighted by Crippen LogP contribution is 2.28. The Balaban J connectivity index is 2.43. The molecule has 0 aliphatic heterocycles. The van der Waals surface area contributed by atoms with Crippen molar-refractivity contribution in [1.82, 2.24) is 0 Å². The van der Waals surface area contributed by atoms with Gasteiger partial charge >= 0.3 is 0 Å². The summed E-state index contributed by atoms with van der Waals surface area (Å²) in [5, 5.41) is 4.11. The van der Waals surface area contributed by atoms with Crippen LogP contribution in [-0.2, 0) is 6.42 Å². The van der Waals surface area contributed by atoms with Crippen molar-refractivity contribution in [3.05, 3.63) is 45.8 Å². The molecule has 0 aliphatic carbocycles. The van der Waals surface area contributed by atoms with Gasteiger partial charge in [0.1, 0.15) is 17.2 Å². The number of rotatable bonds is 4. The summed E-state index contributed by atoms with van der Waals surface area (Å²) in [4.78, 5) is 2.67. The lowest BCUT2D eigenvalue weighted by Gasteiger charge is -2.06. The first kappa shape index (κ1) is 12.4. The van der Waals surface area contributed by atoms with Crippen LogP contribution < -0.4 is 5.73 Å². The standard InChI is InChI=1S/C12H13FN4O/c1-7(14)11-6-9(13)4-8-5-10(18-12(8)11)2-3-16-17-15/h4-7H,2-3,14H2,1H3.